The molecule has 0 amide bonds. The van der Waals surface area contributed by atoms with Crippen molar-refractivity contribution in [3.05, 3.63) is 29.8 Å². The van der Waals surface area contributed by atoms with E-state index < -0.39 is 0 Å². The number of hydrogen-bond donors (Lipinski definition) is 2. The summed E-state index contributed by atoms with van der Waals surface area (Å²) in [6.07, 6.45) is 3.74. The third-order valence-electron chi connectivity index (χ3n) is 3.08. The lowest BCUT2D eigenvalue weighted by Gasteiger charge is -2.12. The lowest BCUT2D eigenvalue weighted by Crippen LogP contribution is -2.29. The quantitative estimate of drug-likeness (QED) is 0.787. The van der Waals surface area contributed by atoms with Crippen molar-refractivity contribution in [1.82, 2.24) is 5.32 Å². The Labute approximate surface area is 92.1 Å². The molecule has 1 aliphatic heterocycles. The Hall–Kier alpha value is -1.02. The van der Waals surface area contributed by atoms with Crippen LogP contribution in [0.2, 0.25) is 0 Å². The van der Waals surface area contributed by atoms with Crippen molar-refractivity contribution in [1.29, 1.82) is 0 Å². The third kappa shape index (κ3) is 2.96. The summed E-state index contributed by atoms with van der Waals surface area (Å²) >= 11 is 0. The molecule has 0 spiro atoms. The van der Waals surface area contributed by atoms with Crippen LogP contribution in [-0.2, 0) is 6.42 Å². The molecule has 1 aliphatic rings. The maximum atomic E-state index is 3.49. The van der Waals surface area contributed by atoms with Gasteiger partial charge in [0.25, 0.3) is 0 Å². The molecule has 2 N–H and O–H groups in total. The summed E-state index contributed by atoms with van der Waals surface area (Å²) in [7, 11) is 0. The molecule has 1 atom stereocenters. The second kappa shape index (κ2) is 5.17. The number of aryl methyl sites for hydroxylation is 1. The highest BCUT2D eigenvalue weighted by Crippen LogP contribution is 2.11. The highest BCUT2D eigenvalue weighted by atomic mass is 15.0. The average molecular weight is 204 g/mol. The summed E-state index contributed by atoms with van der Waals surface area (Å²) in [6, 6.07) is 9.41. The standard InChI is InChI=1S/C13H20N2/c1-2-11-5-7-12(8-6-11)15-10-13-4-3-9-14-13/h5-8,13-15H,2-4,9-10H2,1H3/t13-/m1/s1. The molecule has 2 rings (SSSR count). The Morgan fingerprint density at radius 1 is 1.33 bits per heavy atom. The van der Waals surface area contributed by atoms with Gasteiger partial charge in [-0.3, -0.25) is 0 Å². The minimum Gasteiger partial charge on any atom is -0.383 e. The zero-order valence-electron chi connectivity index (χ0n) is 9.42. The van der Waals surface area contributed by atoms with E-state index in [1.165, 1.54) is 30.6 Å². The number of hydrogen-bond acceptors (Lipinski definition) is 2. The third-order valence-corrected chi connectivity index (χ3v) is 3.08. The molecule has 0 unspecified atom stereocenters. The Morgan fingerprint density at radius 3 is 2.73 bits per heavy atom. The SMILES string of the molecule is CCc1ccc(NC[C@H]2CCCN2)cc1. The molecule has 2 heteroatoms. The predicted molar refractivity (Wildman–Crippen MR) is 65.3 cm³/mol. The molecule has 0 aliphatic carbocycles. The molecule has 1 heterocycles. The molecule has 1 fully saturated rings. The Kier molecular flexibility index (Phi) is 3.62. The van der Waals surface area contributed by atoms with Gasteiger partial charge >= 0.3 is 0 Å². The van der Waals surface area contributed by atoms with E-state index in [2.05, 4.69) is 41.8 Å². The van der Waals surface area contributed by atoms with Gasteiger partial charge in [0.05, 0.1) is 0 Å². The molecule has 82 valence electrons. The number of benzene rings is 1. The van der Waals surface area contributed by atoms with E-state index in [4.69, 9.17) is 0 Å². The van der Waals surface area contributed by atoms with Crippen molar-refractivity contribution < 1.29 is 0 Å². The van der Waals surface area contributed by atoms with Gasteiger partial charge in [0.1, 0.15) is 0 Å². The maximum Gasteiger partial charge on any atom is 0.0340 e. The predicted octanol–water partition coefficient (Wildman–Crippen LogP) is 2.41. The van der Waals surface area contributed by atoms with E-state index in [1.807, 2.05) is 0 Å². The Bertz CT molecular complexity index is 286. The Morgan fingerprint density at radius 2 is 2.13 bits per heavy atom. The first-order valence-electron chi connectivity index (χ1n) is 5.94. The van der Waals surface area contributed by atoms with E-state index in [0.717, 1.165) is 13.0 Å². The van der Waals surface area contributed by atoms with Gasteiger partial charge in [-0.15, -0.1) is 0 Å². The second-order valence-corrected chi connectivity index (χ2v) is 4.22. The fraction of sp³-hybridized carbons (Fsp3) is 0.538. The van der Waals surface area contributed by atoms with Crippen molar-refractivity contribution in [3.8, 4) is 0 Å². The lowest BCUT2D eigenvalue weighted by atomic mass is 10.1. The van der Waals surface area contributed by atoms with E-state index in [1.54, 1.807) is 0 Å². The molecule has 2 nitrogen and oxygen atoms in total. The fourth-order valence-corrected chi connectivity index (χ4v) is 2.03. The number of nitrogens with one attached hydrogen (secondary N) is 2. The monoisotopic (exact) mass is 204 g/mol. The molecular weight excluding hydrogens is 184 g/mol. The van der Waals surface area contributed by atoms with Crippen molar-refractivity contribution in [2.45, 2.75) is 32.2 Å². The van der Waals surface area contributed by atoms with Crippen LogP contribution in [0.25, 0.3) is 0 Å². The highest BCUT2D eigenvalue weighted by Gasteiger charge is 2.12. The van der Waals surface area contributed by atoms with Crippen molar-refractivity contribution in [2.24, 2.45) is 0 Å². The number of anilines is 1. The van der Waals surface area contributed by atoms with Crippen molar-refractivity contribution in [2.75, 3.05) is 18.4 Å². The van der Waals surface area contributed by atoms with Gasteiger partial charge < -0.3 is 10.6 Å². The van der Waals surface area contributed by atoms with Crippen LogP contribution in [0.3, 0.4) is 0 Å². The first-order valence-corrected chi connectivity index (χ1v) is 5.94. The van der Waals surface area contributed by atoms with Gasteiger partial charge in [0, 0.05) is 18.3 Å². The van der Waals surface area contributed by atoms with E-state index in [9.17, 15) is 0 Å². The molecule has 15 heavy (non-hydrogen) atoms. The van der Waals surface area contributed by atoms with E-state index >= 15 is 0 Å². The molecule has 1 saturated heterocycles. The number of rotatable bonds is 4. The van der Waals surface area contributed by atoms with Crippen LogP contribution in [0.5, 0.6) is 0 Å². The second-order valence-electron chi connectivity index (χ2n) is 4.22. The minimum atomic E-state index is 0.663. The van der Waals surface area contributed by atoms with Crippen LogP contribution >= 0.6 is 0 Å². The fourth-order valence-electron chi connectivity index (χ4n) is 2.03. The molecule has 0 saturated carbocycles. The van der Waals surface area contributed by atoms with E-state index in [-0.39, 0.29) is 0 Å². The van der Waals surface area contributed by atoms with Gasteiger partial charge in [-0.2, -0.15) is 0 Å². The lowest BCUT2D eigenvalue weighted by molar-refractivity contribution is 0.633. The first-order chi connectivity index (χ1) is 7.38. The first kappa shape index (κ1) is 10.5. The zero-order chi connectivity index (χ0) is 10.5. The molecule has 0 bridgehead atoms. The Balaban J connectivity index is 1.82. The molecule has 1 aromatic carbocycles. The van der Waals surface area contributed by atoms with Crippen LogP contribution in [0.1, 0.15) is 25.3 Å². The summed E-state index contributed by atoms with van der Waals surface area (Å²) in [4.78, 5) is 0. The van der Waals surface area contributed by atoms with Gasteiger partial charge in [-0.1, -0.05) is 19.1 Å². The van der Waals surface area contributed by atoms with E-state index in [0.29, 0.717) is 6.04 Å². The van der Waals surface area contributed by atoms with Crippen molar-refractivity contribution in [3.63, 3.8) is 0 Å². The highest BCUT2D eigenvalue weighted by molar-refractivity contribution is 5.44. The van der Waals surface area contributed by atoms with Crippen molar-refractivity contribution >= 4 is 5.69 Å². The maximum absolute atomic E-state index is 3.49. The van der Waals surface area contributed by atoms with Crippen LogP contribution in [0.15, 0.2) is 24.3 Å². The molecule has 0 radical (unpaired) electrons. The van der Waals surface area contributed by atoms with Crippen LogP contribution < -0.4 is 10.6 Å². The summed E-state index contributed by atoms with van der Waals surface area (Å²) in [5.74, 6) is 0. The summed E-state index contributed by atoms with van der Waals surface area (Å²) < 4.78 is 0. The normalized spacial score (nSPS) is 20.5. The summed E-state index contributed by atoms with van der Waals surface area (Å²) in [6.45, 7) is 4.41. The van der Waals surface area contributed by atoms with Gasteiger partial charge in [0.2, 0.25) is 0 Å². The summed E-state index contributed by atoms with van der Waals surface area (Å²) in [5, 5.41) is 6.96. The topological polar surface area (TPSA) is 24.1 Å². The molecule has 1 aromatic rings. The van der Waals surface area contributed by atoms with Crippen LogP contribution in [0, 0.1) is 0 Å². The minimum absolute atomic E-state index is 0.663. The average Bonchev–Trinajstić information content (AvgIpc) is 2.80. The molecular formula is C13H20N2. The zero-order valence-corrected chi connectivity index (χ0v) is 9.42. The van der Waals surface area contributed by atoms with Gasteiger partial charge in [-0.05, 0) is 43.5 Å². The smallest absolute Gasteiger partial charge is 0.0340 e. The van der Waals surface area contributed by atoms with Crippen LogP contribution in [0.4, 0.5) is 5.69 Å². The van der Waals surface area contributed by atoms with Gasteiger partial charge in [0.15, 0.2) is 0 Å². The summed E-state index contributed by atoms with van der Waals surface area (Å²) in [5.41, 5.74) is 2.64. The van der Waals surface area contributed by atoms with Gasteiger partial charge in [-0.25, -0.2) is 0 Å². The molecule has 0 aromatic heterocycles. The van der Waals surface area contributed by atoms with Crippen LogP contribution in [-0.4, -0.2) is 19.1 Å². The largest absolute Gasteiger partial charge is 0.383 e.